The van der Waals surface area contributed by atoms with Gasteiger partial charge in [-0.2, -0.15) is 0 Å². The molecular formula is C18H16Cl2N2O5. The zero-order valence-corrected chi connectivity index (χ0v) is 16.0. The number of halogens is 2. The molecule has 0 aliphatic rings. The summed E-state index contributed by atoms with van der Waals surface area (Å²) < 4.78 is 5.43. The van der Waals surface area contributed by atoms with Crippen LogP contribution in [-0.4, -0.2) is 23.2 Å². The lowest BCUT2D eigenvalue weighted by atomic mass is 10.1. The number of ether oxygens (including phenoxy) is 1. The third kappa shape index (κ3) is 5.18. The van der Waals surface area contributed by atoms with Crippen LogP contribution < -0.4 is 10.1 Å². The molecule has 2 aromatic carbocycles. The monoisotopic (exact) mass is 410 g/mol. The second-order valence-electron chi connectivity index (χ2n) is 5.76. The largest absolute Gasteiger partial charge is 0.474 e. The van der Waals surface area contributed by atoms with Crippen LogP contribution in [0.5, 0.6) is 5.75 Å². The molecular weight excluding hydrogens is 395 g/mol. The van der Waals surface area contributed by atoms with Gasteiger partial charge in [0, 0.05) is 21.7 Å². The van der Waals surface area contributed by atoms with Gasteiger partial charge in [-0.05, 0) is 43.7 Å². The van der Waals surface area contributed by atoms with E-state index in [0.717, 1.165) is 6.07 Å². The average molecular weight is 411 g/mol. The Morgan fingerprint density at radius 1 is 1.22 bits per heavy atom. The number of benzene rings is 2. The van der Waals surface area contributed by atoms with E-state index >= 15 is 0 Å². The van der Waals surface area contributed by atoms with Crippen LogP contribution >= 0.6 is 23.2 Å². The van der Waals surface area contributed by atoms with Crippen molar-refractivity contribution >= 4 is 41.1 Å². The van der Waals surface area contributed by atoms with E-state index in [9.17, 15) is 19.7 Å². The molecule has 0 fully saturated rings. The van der Waals surface area contributed by atoms with Crippen LogP contribution in [0, 0.1) is 10.1 Å². The average Bonchev–Trinajstić information content (AvgIpc) is 2.61. The van der Waals surface area contributed by atoms with Gasteiger partial charge in [0.1, 0.15) is 6.29 Å². The topological polar surface area (TPSA) is 98.5 Å². The van der Waals surface area contributed by atoms with Gasteiger partial charge < -0.3 is 10.1 Å². The molecule has 2 rings (SSSR count). The number of nitrogens with zero attached hydrogens (tertiary/aromatic N) is 1. The van der Waals surface area contributed by atoms with Gasteiger partial charge in [-0.1, -0.05) is 29.3 Å². The Morgan fingerprint density at radius 2 is 1.93 bits per heavy atom. The van der Waals surface area contributed by atoms with Crippen molar-refractivity contribution in [2.75, 3.05) is 0 Å². The molecule has 0 unspecified atom stereocenters. The summed E-state index contributed by atoms with van der Waals surface area (Å²) in [5.74, 6) is -0.590. The van der Waals surface area contributed by atoms with Gasteiger partial charge in [-0.25, -0.2) is 0 Å². The van der Waals surface area contributed by atoms with E-state index in [1.807, 2.05) is 0 Å². The van der Waals surface area contributed by atoms with Crippen LogP contribution in [0.15, 0.2) is 36.4 Å². The zero-order chi connectivity index (χ0) is 20.1. The van der Waals surface area contributed by atoms with Crippen LogP contribution in [0.3, 0.4) is 0 Å². The predicted octanol–water partition coefficient (Wildman–Crippen LogP) is 4.36. The molecule has 27 heavy (non-hydrogen) atoms. The normalized spacial score (nSPS) is 12.7. The third-order valence-corrected chi connectivity index (χ3v) is 4.34. The Balaban J connectivity index is 2.11. The molecule has 9 heteroatoms. The number of nitro benzene ring substituents is 1. The number of aldehydes is 1. The fourth-order valence-electron chi connectivity index (χ4n) is 2.36. The highest BCUT2D eigenvalue weighted by atomic mass is 35.5. The molecule has 2 atom stereocenters. The van der Waals surface area contributed by atoms with Crippen molar-refractivity contribution in [3.8, 4) is 5.75 Å². The van der Waals surface area contributed by atoms with Crippen LogP contribution in [0.1, 0.15) is 35.8 Å². The van der Waals surface area contributed by atoms with E-state index in [0.29, 0.717) is 21.9 Å². The first kappa shape index (κ1) is 20.7. The summed E-state index contributed by atoms with van der Waals surface area (Å²) in [5.41, 5.74) is 0.410. The fourth-order valence-corrected chi connectivity index (χ4v) is 2.93. The van der Waals surface area contributed by atoms with Crippen molar-refractivity contribution in [1.29, 1.82) is 0 Å². The molecule has 0 radical (unpaired) electrons. The van der Waals surface area contributed by atoms with Crippen molar-refractivity contribution in [3.05, 3.63) is 67.7 Å². The van der Waals surface area contributed by atoms with Crippen molar-refractivity contribution in [2.45, 2.75) is 26.0 Å². The first-order valence-corrected chi connectivity index (χ1v) is 8.64. The van der Waals surface area contributed by atoms with E-state index in [-0.39, 0.29) is 11.3 Å². The number of carbonyl (C=O) groups is 2. The van der Waals surface area contributed by atoms with Gasteiger partial charge in [0.2, 0.25) is 0 Å². The van der Waals surface area contributed by atoms with E-state index in [1.165, 1.54) is 19.1 Å². The second kappa shape index (κ2) is 8.83. The lowest BCUT2D eigenvalue weighted by Gasteiger charge is -2.20. The highest BCUT2D eigenvalue weighted by molar-refractivity contribution is 6.35. The van der Waals surface area contributed by atoms with Crippen LogP contribution in [0.4, 0.5) is 5.69 Å². The van der Waals surface area contributed by atoms with Gasteiger partial charge in [-0.3, -0.25) is 19.7 Å². The van der Waals surface area contributed by atoms with E-state index in [2.05, 4.69) is 5.32 Å². The minimum Gasteiger partial charge on any atom is -0.474 e. The SMILES string of the molecule is C[C@H](Oc1ccc(C=O)cc1[N+](=O)[O-])C(=O)N[C@@H](C)c1ccc(Cl)cc1Cl. The van der Waals surface area contributed by atoms with Crippen LogP contribution in [0.25, 0.3) is 0 Å². The molecule has 1 N–H and O–H groups in total. The molecule has 0 spiro atoms. The Morgan fingerprint density at radius 3 is 2.52 bits per heavy atom. The Kier molecular flexibility index (Phi) is 6.76. The maximum Gasteiger partial charge on any atom is 0.311 e. The molecule has 2 aromatic rings. The fraction of sp³-hybridized carbons (Fsp3) is 0.222. The summed E-state index contributed by atoms with van der Waals surface area (Å²) in [5, 5.41) is 14.8. The van der Waals surface area contributed by atoms with Crippen molar-refractivity contribution in [3.63, 3.8) is 0 Å². The van der Waals surface area contributed by atoms with Crippen LogP contribution in [-0.2, 0) is 4.79 Å². The lowest BCUT2D eigenvalue weighted by Crippen LogP contribution is -2.38. The highest BCUT2D eigenvalue weighted by Gasteiger charge is 2.23. The number of amides is 1. The molecule has 7 nitrogen and oxygen atoms in total. The number of nitro groups is 1. The summed E-state index contributed by atoms with van der Waals surface area (Å²) in [4.78, 5) is 33.6. The van der Waals surface area contributed by atoms with Crippen molar-refractivity contribution in [2.24, 2.45) is 0 Å². The molecule has 0 aliphatic carbocycles. The quantitative estimate of drug-likeness (QED) is 0.415. The van der Waals surface area contributed by atoms with Crippen molar-refractivity contribution < 1.29 is 19.2 Å². The second-order valence-corrected chi connectivity index (χ2v) is 6.60. The van der Waals surface area contributed by atoms with E-state index in [1.54, 1.807) is 25.1 Å². The lowest BCUT2D eigenvalue weighted by molar-refractivity contribution is -0.386. The van der Waals surface area contributed by atoms with Crippen LogP contribution in [0.2, 0.25) is 10.0 Å². The maximum absolute atomic E-state index is 12.4. The number of carbonyl (C=O) groups excluding carboxylic acids is 2. The third-order valence-electron chi connectivity index (χ3n) is 3.78. The van der Waals surface area contributed by atoms with E-state index < -0.39 is 28.7 Å². The molecule has 0 aliphatic heterocycles. The molecule has 0 saturated heterocycles. The molecule has 0 bridgehead atoms. The summed E-state index contributed by atoms with van der Waals surface area (Å²) in [6, 6.07) is 8.23. The number of hydrogen-bond donors (Lipinski definition) is 1. The molecule has 0 aromatic heterocycles. The summed E-state index contributed by atoms with van der Waals surface area (Å²) in [6.07, 6.45) is -0.524. The number of nitrogens with one attached hydrogen (secondary N) is 1. The highest BCUT2D eigenvalue weighted by Crippen LogP contribution is 2.29. The Labute approximate surface area is 165 Å². The Hall–Kier alpha value is -2.64. The first-order chi connectivity index (χ1) is 12.7. The molecule has 0 heterocycles. The van der Waals surface area contributed by atoms with E-state index in [4.69, 9.17) is 27.9 Å². The summed E-state index contributed by atoms with van der Waals surface area (Å²) >= 11 is 12.0. The number of rotatable bonds is 7. The minimum atomic E-state index is -1.01. The summed E-state index contributed by atoms with van der Waals surface area (Å²) in [7, 11) is 0. The molecule has 142 valence electrons. The molecule has 0 saturated carbocycles. The predicted molar refractivity (Wildman–Crippen MR) is 102 cm³/mol. The van der Waals surface area contributed by atoms with Crippen molar-refractivity contribution in [1.82, 2.24) is 5.32 Å². The van der Waals surface area contributed by atoms with Gasteiger partial charge in [-0.15, -0.1) is 0 Å². The zero-order valence-electron chi connectivity index (χ0n) is 14.4. The summed E-state index contributed by atoms with van der Waals surface area (Å²) in [6.45, 7) is 3.20. The van der Waals surface area contributed by atoms with Gasteiger partial charge in [0.05, 0.1) is 11.0 Å². The van der Waals surface area contributed by atoms with Gasteiger partial charge in [0.25, 0.3) is 5.91 Å². The molecule has 1 amide bonds. The smallest absolute Gasteiger partial charge is 0.311 e. The number of hydrogen-bond acceptors (Lipinski definition) is 5. The standard InChI is InChI=1S/C18H16Cl2N2O5/c1-10(14-5-4-13(19)8-15(14)20)21-18(24)11(2)27-17-6-3-12(9-23)7-16(17)22(25)26/h3-11H,1-2H3,(H,21,24)/t10-,11-/m0/s1. The maximum atomic E-state index is 12.4. The Bertz CT molecular complexity index is 888. The minimum absolute atomic E-state index is 0.106. The van der Waals surface area contributed by atoms with Gasteiger partial charge >= 0.3 is 5.69 Å². The first-order valence-electron chi connectivity index (χ1n) is 7.88. The van der Waals surface area contributed by atoms with Gasteiger partial charge in [0.15, 0.2) is 11.9 Å².